The van der Waals surface area contributed by atoms with Crippen molar-refractivity contribution < 1.29 is 0 Å². The molecule has 0 spiro atoms. The first-order valence-corrected chi connectivity index (χ1v) is 6.49. The molecule has 0 rings (SSSR count). The third kappa shape index (κ3) is 5.48. The number of rotatable bonds is 5. The second kappa shape index (κ2) is 6.88. The number of hydrogen-bond acceptors (Lipinski definition) is 1. The topological polar surface area (TPSA) is 12.4 Å². The van der Waals surface area contributed by atoms with E-state index < -0.39 is 0 Å². The third-order valence-corrected chi connectivity index (χ3v) is 3.03. The Balaban J connectivity index is 4.76. The standard InChI is InChI=1S/C15H29N/c1-8-10-13(4)14(15(5,6)7)16-11-12(3)9-2/h8,10-14H,9H2,1-7H3/b10-8-,16-11?/t12?,13-,14?/m1/s1. The van der Waals surface area contributed by atoms with Crippen molar-refractivity contribution >= 4 is 6.21 Å². The molecule has 0 amide bonds. The maximum absolute atomic E-state index is 4.81. The minimum Gasteiger partial charge on any atom is -0.293 e. The van der Waals surface area contributed by atoms with Crippen LogP contribution in [0.2, 0.25) is 0 Å². The first kappa shape index (κ1) is 15.4. The van der Waals surface area contributed by atoms with Gasteiger partial charge in [0.05, 0.1) is 6.04 Å². The zero-order chi connectivity index (χ0) is 12.8. The molecule has 0 heterocycles. The maximum Gasteiger partial charge on any atom is 0.0603 e. The van der Waals surface area contributed by atoms with Gasteiger partial charge in [-0.15, -0.1) is 0 Å². The summed E-state index contributed by atoms with van der Waals surface area (Å²) >= 11 is 0. The Bertz CT molecular complexity index is 232. The normalized spacial score (nSPS) is 19.2. The predicted molar refractivity (Wildman–Crippen MR) is 75.2 cm³/mol. The van der Waals surface area contributed by atoms with Crippen LogP contribution >= 0.6 is 0 Å². The maximum atomic E-state index is 4.81. The molecule has 0 aliphatic heterocycles. The molecule has 16 heavy (non-hydrogen) atoms. The summed E-state index contributed by atoms with van der Waals surface area (Å²) in [5, 5.41) is 0. The molecule has 0 aliphatic carbocycles. The van der Waals surface area contributed by atoms with Crippen molar-refractivity contribution in [1.82, 2.24) is 0 Å². The van der Waals surface area contributed by atoms with E-state index in [9.17, 15) is 0 Å². The lowest BCUT2D eigenvalue weighted by Gasteiger charge is -2.31. The van der Waals surface area contributed by atoms with E-state index in [2.05, 4.69) is 66.8 Å². The molecule has 0 saturated carbocycles. The van der Waals surface area contributed by atoms with Gasteiger partial charge in [-0.1, -0.05) is 53.7 Å². The Hall–Kier alpha value is -0.590. The highest BCUT2D eigenvalue weighted by Crippen LogP contribution is 2.29. The molecule has 3 atom stereocenters. The highest BCUT2D eigenvalue weighted by atomic mass is 14.8. The molecule has 0 radical (unpaired) electrons. The molecule has 0 aromatic rings. The van der Waals surface area contributed by atoms with E-state index in [1.807, 2.05) is 0 Å². The highest BCUT2D eigenvalue weighted by Gasteiger charge is 2.27. The summed E-state index contributed by atoms with van der Waals surface area (Å²) in [5.74, 6) is 1.09. The van der Waals surface area contributed by atoms with Crippen LogP contribution in [0.25, 0.3) is 0 Å². The molecular weight excluding hydrogens is 194 g/mol. The molecular formula is C15H29N. The van der Waals surface area contributed by atoms with Crippen molar-refractivity contribution in [2.24, 2.45) is 22.2 Å². The average molecular weight is 223 g/mol. The molecule has 1 nitrogen and oxygen atoms in total. The van der Waals surface area contributed by atoms with Gasteiger partial charge in [-0.05, 0) is 30.6 Å². The molecule has 0 fully saturated rings. The summed E-state index contributed by atoms with van der Waals surface area (Å²) in [6.07, 6.45) is 7.68. The van der Waals surface area contributed by atoms with Gasteiger partial charge in [-0.25, -0.2) is 0 Å². The van der Waals surface area contributed by atoms with Crippen LogP contribution in [0, 0.1) is 17.3 Å². The first-order valence-electron chi connectivity index (χ1n) is 6.49. The Morgan fingerprint density at radius 2 is 1.75 bits per heavy atom. The fourth-order valence-corrected chi connectivity index (χ4v) is 1.90. The van der Waals surface area contributed by atoms with Gasteiger partial charge < -0.3 is 0 Å². The highest BCUT2D eigenvalue weighted by molar-refractivity contribution is 5.60. The zero-order valence-corrected chi connectivity index (χ0v) is 12.1. The van der Waals surface area contributed by atoms with Crippen molar-refractivity contribution in [3.05, 3.63) is 12.2 Å². The Kier molecular flexibility index (Phi) is 6.62. The van der Waals surface area contributed by atoms with Gasteiger partial charge in [-0.3, -0.25) is 4.99 Å². The second-order valence-electron chi connectivity index (χ2n) is 5.88. The van der Waals surface area contributed by atoms with Crippen LogP contribution < -0.4 is 0 Å². The lowest BCUT2D eigenvalue weighted by atomic mass is 9.80. The van der Waals surface area contributed by atoms with Crippen LogP contribution in [0.4, 0.5) is 0 Å². The van der Waals surface area contributed by atoms with E-state index in [1.165, 1.54) is 6.42 Å². The van der Waals surface area contributed by atoms with Crippen LogP contribution in [0.5, 0.6) is 0 Å². The van der Waals surface area contributed by atoms with Crippen LogP contribution in [0.15, 0.2) is 17.1 Å². The van der Waals surface area contributed by atoms with Gasteiger partial charge in [0, 0.05) is 6.21 Å². The molecule has 2 unspecified atom stereocenters. The summed E-state index contributed by atoms with van der Waals surface area (Å²) < 4.78 is 0. The molecule has 0 N–H and O–H groups in total. The fraction of sp³-hybridized carbons (Fsp3) is 0.800. The molecule has 0 aliphatic rings. The van der Waals surface area contributed by atoms with E-state index in [1.54, 1.807) is 0 Å². The van der Waals surface area contributed by atoms with Crippen molar-refractivity contribution in [2.45, 2.75) is 60.9 Å². The van der Waals surface area contributed by atoms with Gasteiger partial charge in [0.2, 0.25) is 0 Å². The Labute approximate surface area is 102 Å². The van der Waals surface area contributed by atoms with Crippen LogP contribution in [-0.2, 0) is 0 Å². The van der Waals surface area contributed by atoms with Crippen molar-refractivity contribution in [1.29, 1.82) is 0 Å². The minimum atomic E-state index is 0.225. The van der Waals surface area contributed by atoms with Gasteiger partial charge in [0.1, 0.15) is 0 Å². The summed E-state index contributed by atoms with van der Waals surface area (Å²) in [4.78, 5) is 4.81. The Morgan fingerprint density at radius 1 is 1.19 bits per heavy atom. The smallest absolute Gasteiger partial charge is 0.0603 e. The quantitative estimate of drug-likeness (QED) is 0.472. The van der Waals surface area contributed by atoms with E-state index in [-0.39, 0.29) is 5.41 Å². The van der Waals surface area contributed by atoms with Crippen LogP contribution in [0.3, 0.4) is 0 Å². The molecule has 0 aromatic carbocycles. The lowest BCUT2D eigenvalue weighted by Crippen LogP contribution is -2.30. The van der Waals surface area contributed by atoms with E-state index in [4.69, 9.17) is 4.99 Å². The summed E-state index contributed by atoms with van der Waals surface area (Å²) in [7, 11) is 0. The monoisotopic (exact) mass is 223 g/mol. The third-order valence-electron chi connectivity index (χ3n) is 3.03. The van der Waals surface area contributed by atoms with Crippen molar-refractivity contribution in [3.8, 4) is 0 Å². The lowest BCUT2D eigenvalue weighted by molar-refractivity contribution is 0.278. The van der Waals surface area contributed by atoms with Gasteiger partial charge in [0.25, 0.3) is 0 Å². The van der Waals surface area contributed by atoms with E-state index >= 15 is 0 Å². The van der Waals surface area contributed by atoms with Crippen molar-refractivity contribution in [3.63, 3.8) is 0 Å². The first-order chi connectivity index (χ1) is 7.32. The molecule has 94 valence electrons. The number of hydrogen-bond donors (Lipinski definition) is 0. The molecule has 0 saturated heterocycles. The fourth-order valence-electron chi connectivity index (χ4n) is 1.90. The van der Waals surface area contributed by atoms with E-state index in [0.717, 1.165) is 0 Å². The number of aliphatic imine (C=N–C) groups is 1. The molecule has 0 aromatic heterocycles. The Morgan fingerprint density at radius 3 is 2.12 bits per heavy atom. The minimum absolute atomic E-state index is 0.225. The van der Waals surface area contributed by atoms with Crippen LogP contribution in [-0.4, -0.2) is 12.3 Å². The number of nitrogens with zero attached hydrogens (tertiary/aromatic N) is 1. The number of allylic oxidation sites excluding steroid dienone is 1. The second-order valence-corrected chi connectivity index (χ2v) is 5.88. The van der Waals surface area contributed by atoms with E-state index in [0.29, 0.717) is 17.9 Å². The zero-order valence-electron chi connectivity index (χ0n) is 12.1. The SMILES string of the molecule is C/C=C\[C@@H](C)C(N=CC(C)CC)C(C)(C)C. The average Bonchev–Trinajstić information content (AvgIpc) is 2.16. The molecule has 1 heteroatoms. The molecule has 0 bridgehead atoms. The summed E-state index contributed by atoms with van der Waals surface area (Å²) in [6.45, 7) is 15.6. The van der Waals surface area contributed by atoms with Crippen LogP contribution in [0.1, 0.15) is 54.9 Å². The summed E-state index contributed by atoms with van der Waals surface area (Å²) in [5.41, 5.74) is 0.225. The largest absolute Gasteiger partial charge is 0.293 e. The van der Waals surface area contributed by atoms with Crippen molar-refractivity contribution in [2.75, 3.05) is 0 Å². The van der Waals surface area contributed by atoms with Gasteiger partial charge in [0.15, 0.2) is 0 Å². The predicted octanol–water partition coefficient (Wildman–Crippen LogP) is 4.73. The van der Waals surface area contributed by atoms with Gasteiger partial charge >= 0.3 is 0 Å². The summed E-state index contributed by atoms with van der Waals surface area (Å²) in [6, 6.07) is 0.373. The van der Waals surface area contributed by atoms with Gasteiger partial charge in [-0.2, -0.15) is 0 Å².